The van der Waals surface area contributed by atoms with Gasteiger partial charge < -0.3 is 0 Å². The van der Waals surface area contributed by atoms with Crippen LogP contribution in [-0.4, -0.2) is 0 Å². The van der Waals surface area contributed by atoms with Gasteiger partial charge in [-0.05, 0) is 13.0 Å². The van der Waals surface area contributed by atoms with Crippen LogP contribution in [0.25, 0.3) is 0 Å². The van der Waals surface area contributed by atoms with Crippen LogP contribution in [0.5, 0.6) is 0 Å². The first-order valence-electron chi connectivity index (χ1n) is 2.61. The van der Waals surface area contributed by atoms with Crippen LogP contribution in [0.2, 0.25) is 8.67 Å². The molecule has 0 fully saturated rings. The smallest absolute Gasteiger partial charge is 0.110 e. The number of hydrogen-bond acceptors (Lipinski definition) is 1. The quantitative estimate of drug-likeness (QED) is 0.551. The fourth-order valence-electron chi connectivity index (χ4n) is 0.560. The summed E-state index contributed by atoms with van der Waals surface area (Å²) in [7, 11) is 0. The van der Waals surface area contributed by atoms with Gasteiger partial charge >= 0.3 is 0 Å². The molecule has 0 aliphatic rings. The van der Waals surface area contributed by atoms with E-state index in [9.17, 15) is 0 Å². The zero-order valence-corrected chi connectivity index (χ0v) is 7.57. The Kier molecular flexibility index (Phi) is 2.62. The Labute approximate surface area is 73.8 Å². The Balaban J connectivity index is 3.11. The lowest BCUT2D eigenvalue weighted by Gasteiger charge is -1.77. The molecule has 0 radical (unpaired) electrons. The molecule has 0 spiro atoms. The highest BCUT2D eigenvalue weighted by Gasteiger charge is 2.01. The molecular formula is C7H4Cl2S. The van der Waals surface area contributed by atoms with Crippen molar-refractivity contribution in [1.82, 2.24) is 0 Å². The molecule has 0 amide bonds. The summed E-state index contributed by atoms with van der Waals surface area (Å²) in [6.45, 7) is 1.77. The summed E-state index contributed by atoms with van der Waals surface area (Å²) in [4.78, 5) is 0. The minimum Gasteiger partial charge on any atom is -0.110 e. The van der Waals surface area contributed by atoms with Gasteiger partial charge in [-0.15, -0.1) is 17.3 Å². The fraction of sp³-hybridized carbons (Fsp3) is 0.143. The zero-order chi connectivity index (χ0) is 7.56. The van der Waals surface area contributed by atoms with E-state index in [2.05, 4.69) is 11.8 Å². The minimum atomic E-state index is 0.666. The van der Waals surface area contributed by atoms with E-state index in [4.69, 9.17) is 23.2 Å². The van der Waals surface area contributed by atoms with E-state index in [-0.39, 0.29) is 0 Å². The van der Waals surface area contributed by atoms with Crippen molar-refractivity contribution in [2.45, 2.75) is 6.92 Å². The van der Waals surface area contributed by atoms with Crippen molar-refractivity contribution >= 4 is 34.5 Å². The normalized spacial score (nSPS) is 8.70. The van der Waals surface area contributed by atoms with Crippen LogP contribution < -0.4 is 0 Å². The van der Waals surface area contributed by atoms with Crippen LogP contribution in [0, 0.1) is 11.8 Å². The highest BCUT2D eigenvalue weighted by molar-refractivity contribution is 7.20. The predicted octanol–water partition coefficient (Wildman–Crippen LogP) is 3.43. The largest absolute Gasteiger partial charge is 0.110 e. The van der Waals surface area contributed by atoms with Crippen LogP contribution >= 0.6 is 34.5 Å². The average Bonchev–Trinajstić information content (AvgIpc) is 2.13. The van der Waals surface area contributed by atoms with Gasteiger partial charge in [0.15, 0.2) is 0 Å². The third-order valence-electron chi connectivity index (χ3n) is 0.916. The maximum atomic E-state index is 5.76. The average molecular weight is 191 g/mol. The second kappa shape index (κ2) is 3.30. The van der Waals surface area contributed by atoms with Gasteiger partial charge in [0.2, 0.25) is 0 Å². The van der Waals surface area contributed by atoms with Gasteiger partial charge in [-0.25, -0.2) is 0 Å². The van der Waals surface area contributed by atoms with Gasteiger partial charge in [0.25, 0.3) is 0 Å². The molecule has 1 rings (SSSR count). The summed E-state index contributed by atoms with van der Waals surface area (Å²) in [6, 6.07) is 1.77. The summed E-state index contributed by atoms with van der Waals surface area (Å²) in [5, 5.41) is 0. The Morgan fingerprint density at radius 1 is 1.50 bits per heavy atom. The lowest BCUT2D eigenvalue weighted by Crippen LogP contribution is -1.62. The second-order valence-corrected chi connectivity index (χ2v) is 3.90. The standard InChI is InChI=1S/C7H4Cl2S/c1-2-3-5-4-6(8)10-7(5)9/h4H,1H3. The lowest BCUT2D eigenvalue weighted by molar-refractivity contribution is 1.81. The van der Waals surface area contributed by atoms with Crippen LogP contribution in [-0.2, 0) is 0 Å². The van der Waals surface area contributed by atoms with E-state index in [1.165, 1.54) is 11.3 Å². The zero-order valence-electron chi connectivity index (χ0n) is 5.24. The lowest BCUT2D eigenvalue weighted by atomic mass is 10.3. The van der Waals surface area contributed by atoms with Crippen LogP contribution in [0.4, 0.5) is 0 Å². The van der Waals surface area contributed by atoms with Crippen molar-refractivity contribution in [1.29, 1.82) is 0 Å². The molecule has 0 aromatic carbocycles. The monoisotopic (exact) mass is 190 g/mol. The van der Waals surface area contributed by atoms with Crippen molar-refractivity contribution in [2.24, 2.45) is 0 Å². The molecule has 0 nitrogen and oxygen atoms in total. The molecule has 0 saturated heterocycles. The van der Waals surface area contributed by atoms with E-state index < -0.39 is 0 Å². The van der Waals surface area contributed by atoms with Crippen molar-refractivity contribution in [2.75, 3.05) is 0 Å². The maximum absolute atomic E-state index is 5.76. The van der Waals surface area contributed by atoms with E-state index >= 15 is 0 Å². The van der Waals surface area contributed by atoms with E-state index in [1.54, 1.807) is 13.0 Å². The van der Waals surface area contributed by atoms with Gasteiger partial charge in [0, 0.05) is 0 Å². The minimum absolute atomic E-state index is 0.666. The number of rotatable bonds is 0. The highest BCUT2D eigenvalue weighted by Crippen LogP contribution is 2.30. The van der Waals surface area contributed by atoms with Gasteiger partial charge in [-0.1, -0.05) is 29.1 Å². The number of hydrogen-bond donors (Lipinski definition) is 0. The van der Waals surface area contributed by atoms with Gasteiger partial charge in [-0.2, -0.15) is 0 Å². The topological polar surface area (TPSA) is 0 Å². The van der Waals surface area contributed by atoms with Crippen molar-refractivity contribution in [3.05, 3.63) is 20.3 Å². The predicted molar refractivity (Wildman–Crippen MR) is 46.9 cm³/mol. The number of halogens is 2. The van der Waals surface area contributed by atoms with Crippen molar-refractivity contribution < 1.29 is 0 Å². The molecular weight excluding hydrogens is 187 g/mol. The number of thiophene rings is 1. The van der Waals surface area contributed by atoms with Crippen LogP contribution in [0.15, 0.2) is 6.07 Å². The Hall–Kier alpha value is -0.160. The maximum Gasteiger partial charge on any atom is 0.110 e. The summed E-state index contributed by atoms with van der Waals surface area (Å²) >= 11 is 12.8. The van der Waals surface area contributed by atoms with Gasteiger partial charge in [-0.3, -0.25) is 0 Å². The Morgan fingerprint density at radius 2 is 2.20 bits per heavy atom. The molecule has 0 aliphatic heterocycles. The second-order valence-electron chi connectivity index (χ2n) is 1.61. The third-order valence-corrected chi connectivity index (χ3v) is 2.40. The molecule has 1 heterocycles. The molecule has 10 heavy (non-hydrogen) atoms. The first kappa shape index (κ1) is 7.94. The molecule has 52 valence electrons. The molecule has 0 aliphatic carbocycles. The highest BCUT2D eigenvalue weighted by atomic mass is 35.5. The molecule has 0 bridgehead atoms. The van der Waals surface area contributed by atoms with Gasteiger partial charge in [0.05, 0.1) is 9.90 Å². The first-order chi connectivity index (χ1) is 4.74. The molecule has 0 atom stereocenters. The molecule has 0 saturated carbocycles. The van der Waals surface area contributed by atoms with Crippen molar-refractivity contribution in [3.8, 4) is 11.8 Å². The molecule has 3 heteroatoms. The van der Waals surface area contributed by atoms with E-state index in [0.29, 0.717) is 8.67 Å². The van der Waals surface area contributed by atoms with E-state index in [0.717, 1.165) is 5.56 Å². The first-order valence-corrected chi connectivity index (χ1v) is 4.19. The molecule has 1 aromatic heterocycles. The van der Waals surface area contributed by atoms with Crippen LogP contribution in [0.1, 0.15) is 12.5 Å². The summed E-state index contributed by atoms with van der Waals surface area (Å²) < 4.78 is 1.35. The Morgan fingerprint density at radius 3 is 2.60 bits per heavy atom. The van der Waals surface area contributed by atoms with Gasteiger partial charge in [0.1, 0.15) is 4.34 Å². The SMILES string of the molecule is CC#Cc1cc(Cl)sc1Cl. The molecule has 0 N–H and O–H groups in total. The summed E-state index contributed by atoms with van der Waals surface area (Å²) in [6.07, 6.45) is 0. The summed E-state index contributed by atoms with van der Waals surface area (Å²) in [5.41, 5.74) is 0.819. The third kappa shape index (κ3) is 1.67. The van der Waals surface area contributed by atoms with Crippen LogP contribution in [0.3, 0.4) is 0 Å². The molecule has 0 unspecified atom stereocenters. The Bertz CT molecular complexity index is 290. The van der Waals surface area contributed by atoms with E-state index in [1.807, 2.05) is 0 Å². The summed E-state index contributed by atoms with van der Waals surface area (Å²) in [5.74, 6) is 5.59. The molecule has 1 aromatic rings. The fourth-order valence-corrected chi connectivity index (χ4v) is 1.94. The van der Waals surface area contributed by atoms with Crippen molar-refractivity contribution in [3.63, 3.8) is 0 Å².